The van der Waals surface area contributed by atoms with Crippen molar-refractivity contribution in [3.8, 4) is 5.75 Å². The van der Waals surface area contributed by atoms with Crippen LogP contribution in [0.3, 0.4) is 0 Å². The first-order valence-electron chi connectivity index (χ1n) is 9.94. The van der Waals surface area contributed by atoms with Crippen LogP contribution < -0.4 is 15.4 Å². The van der Waals surface area contributed by atoms with Gasteiger partial charge in [0.1, 0.15) is 11.6 Å². The van der Waals surface area contributed by atoms with Gasteiger partial charge < -0.3 is 20.1 Å². The van der Waals surface area contributed by atoms with Crippen molar-refractivity contribution in [3.05, 3.63) is 94.8 Å². The summed E-state index contributed by atoms with van der Waals surface area (Å²) in [4.78, 5) is 12.2. The molecule has 0 heterocycles. The maximum Gasteiger partial charge on any atom is 0.416 e. The molecule has 0 saturated carbocycles. The van der Waals surface area contributed by atoms with Crippen LogP contribution in [0.15, 0.2) is 66.7 Å². The first kappa shape index (κ1) is 24.1. The molecule has 0 radical (unpaired) electrons. The molecule has 0 spiro atoms. The molecule has 0 aromatic heterocycles. The van der Waals surface area contributed by atoms with Crippen molar-refractivity contribution < 1.29 is 31.8 Å². The average molecular weight is 462 g/mol. The minimum atomic E-state index is -4.73. The van der Waals surface area contributed by atoms with E-state index in [2.05, 4.69) is 10.6 Å². The fraction of sp³-hybridized carbons (Fsp3) is 0.208. The molecule has 0 aliphatic heterocycles. The third-order valence-electron chi connectivity index (χ3n) is 4.70. The molecular weight excluding hydrogens is 440 g/mol. The average Bonchev–Trinajstić information content (AvgIpc) is 2.78. The van der Waals surface area contributed by atoms with Crippen molar-refractivity contribution in [2.45, 2.75) is 25.9 Å². The van der Waals surface area contributed by atoms with Crippen LogP contribution in [0, 0.1) is 5.82 Å². The number of benzene rings is 3. The highest BCUT2D eigenvalue weighted by atomic mass is 19.4. The van der Waals surface area contributed by atoms with Crippen LogP contribution in [0.4, 0.5) is 28.0 Å². The number of methoxy groups -OCH3 is 1. The van der Waals surface area contributed by atoms with Gasteiger partial charge in [0, 0.05) is 12.2 Å². The van der Waals surface area contributed by atoms with Crippen LogP contribution in [0.2, 0.25) is 0 Å². The van der Waals surface area contributed by atoms with E-state index in [1.807, 2.05) is 30.3 Å². The molecule has 33 heavy (non-hydrogen) atoms. The molecule has 5 nitrogen and oxygen atoms in total. The quantitative estimate of drug-likeness (QED) is 0.411. The number of anilines is 1. The fourth-order valence-electron chi connectivity index (χ4n) is 3.06. The highest BCUT2D eigenvalue weighted by Crippen LogP contribution is 2.32. The molecular formula is C24H22F4N2O3. The number of alkyl halides is 3. The minimum Gasteiger partial charge on any atom is -0.497 e. The van der Waals surface area contributed by atoms with Gasteiger partial charge in [-0.3, -0.25) is 0 Å². The zero-order valence-corrected chi connectivity index (χ0v) is 17.7. The Balaban J connectivity index is 1.52. The van der Waals surface area contributed by atoms with Gasteiger partial charge >= 0.3 is 12.2 Å². The second-order valence-electron chi connectivity index (χ2n) is 7.15. The van der Waals surface area contributed by atoms with Crippen LogP contribution in [-0.4, -0.2) is 13.1 Å². The van der Waals surface area contributed by atoms with Gasteiger partial charge in [-0.15, -0.1) is 0 Å². The number of ether oxygens (including phenoxy) is 2. The van der Waals surface area contributed by atoms with Gasteiger partial charge in [-0.2, -0.15) is 13.2 Å². The van der Waals surface area contributed by atoms with Gasteiger partial charge in [0.15, 0.2) is 0 Å². The fourth-order valence-corrected chi connectivity index (χ4v) is 3.06. The Morgan fingerprint density at radius 3 is 2.36 bits per heavy atom. The van der Waals surface area contributed by atoms with Gasteiger partial charge in [0.25, 0.3) is 0 Å². The molecule has 0 saturated heterocycles. The molecule has 174 valence electrons. The largest absolute Gasteiger partial charge is 0.497 e. The Hall–Kier alpha value is -3.59. The Kier molecular flexibility index (Phi) is 7.89. The zero-order valence-electron chi connectivity index (χ0n) is 17.7. The summed E-state index contributed by atoms with van der Waals surface area (Å²) in [6.45, 7) is 0.278. The SMILES string of the molecule is COc1ccc(COCc2cccc(NC(=O)NCc3ccc(F)cc3C(F)(F)F)c2)cc1. The number of halogens is 4. The summed E-state index contributed by atoms with van der Waals surface area (Å²) in [5.74, 6) is -0.244. The van der Waals surface area contributed by atoms with Crippen molar-refractivity contribution in [2.24, 2.45) is 0 Å². The molecule has 3 rings (SSSR count). The normalized spacial score (nSPS) is 11.2. The molecule has 9 heteroatoms. The summed E-state index contributed by atoms with van der Waals surface area (Å²) in [5.41, 5.74) is 0.870. The predicted octanol–water partition coefficient (Wildman–Crippen LogP) is 5.89. The lowest BCUT2D eigenvalue weighted by Gasteiger charge is -2.14. The second-order valence-corrected chi connectivity index (χ2v) is 7.15. The van der Waals surface area contributed by atoms with Crippen LogP contribution in [0.1, 0.15) is 22.3 Å². The number of carbonyl (C=O) groups excluding carboxylic acids is 1. The molecule has 2 N–H and O–H groups in total. The van der Waals surface area contributed by atoms with Crippen LogP contribution in [0.5, 0.6) is 5.75 Å². The maximum absolute atomic E-state index is 13.2. The smallest absolute Gasteiger partial charge is 0.416 e. The number of hydrogen-bond donors (Lipinski definition) is 2. The van der Waals surface area contributed by atoms with Crippen LogP contribution >= 0.6 is 0 Å². The molecule has 0 aliphatic carbocycles. The lowest BCUT2D eigenvalue weighted by atomic mass is 10.1. The first-order chi connectivity index (χ1) is 15.7. The van der Waals surface area contributed by atoms with Gasteiger partial charge in [0.05, 0.1) is 25.9 Å². The summed E-state index contributed by atoms with van der Waals surface area (Å²) < 4.78 is 63.2. The molecule has 3 aromatic rings. The highest BCUT2D eigenvalue weighted by Gasteiger charge is 2.33. The van der Waals surface area contributed by atoms with Gasteiger partial charge in [-0.25, -0.2) is 9.18 Å². The third-order valence-corrected chi connectivity index (χ3v) is 4.70. The Morgan fingerprint density at radius 2 is 1.67 bits per heavy atom. The lowest BCUT2D eigenvalue weighted by molar-refractivity contribution is -0.138. The van der Waals surface area contributed by atoms with E-state index in [0.29, 0.717) is 25.0 Å². The summed E-state index contributed by atoms with van der Waals surface area (Å²) in [6.07, 6.45) is -4.73. The van der Waals surface area contributed by atoms with Crippen molar-refractivity contribution in [2.75, 3.05) is 12.4 Å². The minimum absolute atomic E-state index is 0.236. The maximum atomic E-state index is 13.2. The number of rotatable bonds is 8. The van der Waals surface area contributed by atoms with E-state index in [0.717, 1.165) is 29.0 Å². The standard InChI is InChI=1S/C24H22F4N2O3/c1-32-21-9-5-16(6-10-21)14-33-15-17-3-2-4-20(11-17)30-23(31)29-13-18-7-8-19(25)12-22(18)24(26,27)28/h2-12H,13-15H2,1H3,(H2,29,30,31). The molecule has 0 aliphatic rings. The van der Waals surface area contributed by atoms with E-state index in [9.17, 15) is 22.4 Å². The van der Waals surface area contributed by atoms with E-state index in [1.54, 1.807) is 25.3 Å². The zero-order chi connectivity index (χ0) is 23.8. The Morgan fingerprint density at radius 1 is 0.939 bits per heavy atom. The summed E-state index contributed by atoms with van der Waals surface area (Å²) in [5, 5.41) is 4.93. The van der Waals surface area contributed by atoms with Gasteiger partial charge in [-0.1, -0.05) is 30.3 Å². The summed E-state index contributed by atoms with van der Waals surface area (Å²) in [6, 6.07) is 16.0. The third kappa shape index (κ3) is 7.21. The predicted molar refractivity (Wildman–Crippen MR) is 115 cm³/mol. The van der Waals surface area contributed by atoms with E-state index in [-0.39, 0.29) is 5.56 Å². The van der Waals surface area contributed by atoms with Crippen LogP contribution in [0.25, 0.3) is 0 Å². The van der Waals surface area contributed by atoms with Crippen molar-refractivity contribution >= 4 is 11.7 Å². The van der Waals surface area contributed by atoms with E-state index in [1.165, 1.54) is 0 Å². The highest BCUT2D eigenvalue weighted by molar-refractivity contribution is 5.89. The van der Waals surface area contributed by atoms with Crippen molar-refractivity contribution in [1.82, 2.24) is 5.32 Å². The van der Waals surface area contributed by atoms with Crippen LogP contribution in [-0.2, 0) is 30.7 Å². The Bertz CT molecular complexity index is 1090. The second kappa shape index (κ2) is 10.8. The molecule has 2 amide bonds. The molecule has 0 atom stereocenters. The van der Waals surface area contributed by atoms with E-state index < -0.39 is 30.1 Å². The number of carbonyl (C=O) groups is 1. The van der Waals surface area contributed by atoms with Crippen molar-refractivity contribution in [3.63, 3.8) is 0 Å². The van der Waals surface area contributed by atoms with Gasteiger partial charge in [0.2, 0.25) is 0 Å². The molecule has 3 aromatic carbocycles. The van der Waals surface area contributed by atoms with Crippen molar-refractivity contribution in [1.29, 1.82) is 0 Å². The van der Waals surface area contributed by atoms with Gasteiger partial charge in [-0.05, 0) is 53.1 Å². The van der Waals surface area contributed by atoms with E-state index >= 15 is 0 Å². The number of hydrogen-bond acceptors (Lipinski definition) is 3. The number of urea groups is 1. The molecule has 0 fully saturated rings. The first-order valence-corrected chi connectivity index (χ1v) is 9.94. The van der Waals surface area contributed by atoms with E-state index in [4.69, 9.17) is 9.47 Å². The summed E-state index contributed by atoms with van der Waals surface area (Å²) >= 11 is 0. The monoisotopic (exact) mass is 462 g/mol. The lowest BCUT2D eigenvalue weighted by Crippen LogP contribution is -2.29. The number of nitrogens with one attached hydrogen (secondary N) is 2. The molecule has 0 unspecified atom stereocenters. The topological polar surface area (TPSA) is 59.6 Å². The Labute approximate surface area is 188 Å². The number of amides is 2. The molecule has 0 bridgehead atoms. The summed E-state index contributed by atoms with van der Waals surface area (Å²) in [7, 11) is 1.59.